The fourth-order valence-corrected chi connectivity index (χ4v) is 5.39. The fourth-order valence-electron chi connectivity index (χ4n) is 4.84. The Kier molecular flexibility index (Phi) is 13.8. The van der Waals surface area contributed by atoms with E-state index in [-0.39, 0.29) is 44.2 Å². The van der Waals surface area contributed by atoms with E-state index in [1.807, 2.05) is 6.92 Å². The van der Waals surface area contributed by atoms with Crippen LogP contribution in [0.4, 0.5) is 0 Å². The van der Waals surface area contributed by atoms with Crippen molar-refractivity contribution in [2.75, 3.05) is 13.2 Å². The minimum absolute atomic E-state index is 0.0798. The molecule has 12 nitrogen and oxygen atoms in total. The number of carboxylic acid groups (broad SMARTS) is 1. The van der Waals surface area contributed by atoms with Crippen LogP contribution in [0.1, 0.15) is 78.6 Å². The second-order valence-electron chi connectivity index (χ2n) is 10.8. The summed E-state index contributed by atoms with van der Waals surface area (Å²) in [6, 6.07) is 0. The number of carbonyl (C=O) groups is 2. The maximum Gasteiger partial charge on any atom is 0.333 e. The number of aliphatic hydroxyl groups is 2. The van der Waals surface area contributed by atoms with Gasteiger partial charge in [-0.25, -0.2) is 14.1 Å². The summed E-state index contributed by atoms with van der Waals surface area (Å²) < 4.78 is 45.2. The highest BCUT2D eigenvalue weighted by molar-refractivity contribution is 7.84. The van der Waals surface area contributed by atoms with E-state index in [1.165, 1.54) is 6.08 Å². The van der Waals surface area contributed by atoms with Crippen molar-refractivity contribution in [3.8, 4) is 0 Å². The van der Waals surface area contributed by atoms with Gasteiger partial charge in [-0.3, -0.25) is 4.79 Å². The Hall–Kier alpha value is -1.61. The molecule has 0 saturated carbocycles. The zero-order valence-corrected chi connectivity index (χ0v) is 23.9. The van der Waals surface area contributed by atoms with Gasteiger partial charge in [0.1, 0.15) is 6.10 Å². The Morgan fingerprint density at radius 1 is 1.10 bits per heavy atom. The number of ether oxygens (including phenoxy) is 3. The molecule has 2 heterocycles. The molecule has 0 aromatic rings. The van der Waals surface area contributed by atoms with Crippen molar-refractivity contribution in [3.05, 3.63) is 11.6 Å². The Balaban J connectivity index is 1.80. The number of esters is 1. The number of unbranched alkanes of at least 4 members (excludes halogenated alkanes) is 5. The number of epoxide rings is 1. The number of aliphatic carboxylic acids is 1. The third-order valence-corrected chi connectivity index (χ3v) is 7.80. The predicted molar refractivity (Wildman–Crippen MR) is 141 cm³/mol. The number of carbonyl (C=O) groups excluding carboxylic acids is 1. The van der Waals surface area contributed by atoms with Gasteiger partial charge in [-0.1, -0.05) is 38.2 Å². The zero-order chi connectivity index (χ0) is 29.2. The van der Waals surface area contributed by atoms with E-state index in [0.29, 0.717) is 24.8 Å². The lowest BCUT2D eigenvalue weighted by Gasteiger charge is -2.39. The van der Waals surface area contributed by atoms with E-state index in [0.717, 1.165) is 25.7 Å². The summed E-state index contributed by atoms with van der Waals surface area (Å²) >= 11 is 0. The third kappa shape index (κ3) is 12.6. The second kappa shape index (κ2) is 16.0. The molecular weight excluding hydrogens is 534 g/mol. The van der Waals surface area contributed by atoms with Crippen molar-refractivity contribution >= 4 is 22.2 Å². The first-order valence-electron chi connectivity index (χ1n) is 13.7. The molecule has 2 saturated heterocycles. The molecule has 2 aliphatic heterocycles. The molecule has 2 rings (SSSR count). The summed E-state index contributed by atoms with van der Waals surface area (Å²) in [6.07, 6.45) is 2.80. The Bertz CT molecular complexity index is 923. The number of nitrogens with two attached hydrogens (primary N) is 1. The molecule has 0 radical (unpaired) electrons. The van der Waals surface area contributed by atoms with E-state index in [9.17, 15) is 28.2 Å². The van der Waals surface area contributed by atoms with Gasteiger partial charge < -0.3 is 29.5 Å². The van der Waals surface area contributed by atoms with Crippen molar-refractivity contribution in [2.24, 2.45) is 17.0 Å². The quantitative estimate of drug-likeness (QED) is 0.0800. The van der Waals surface area contributed by atoms with Crippen molar-refractivity contribution < 1.29 is 51.7 Å². The highest BCUT2D eigenvalue weighted by atomic mass is 32.2. The molecule has 0 aromatic carbocycles. The van der Waals surface area contributed by atoms with E-state index < -0.39 is 52.6 Å². The number of hydrogen-bond donors (Lipinski definition) is 4. The fraction of sp³-hybridized carbons (Fsp3) is 0.846. The van der Waals surface area contributed by atoms with Crippen LogP contribution in [-0.4, -0.2) is 85.5 Å². The number of aliphatic hydroxyl groups excluding tert-OH is 2. The van der Waals surface area contributed by atoms with Crippen LogP contribution in [0.5, 0.6) is 0 Å². The Morgan fingerprint density at radius 3 is 2.36 bits per heavy atom. The van der Waals surface area contributed by atoms with Crippen molar-refractivity contribution in [1.82, 2.24) is 0 Å². The van der Waals surface area contributed by atoms with Crippen LogP contribution in [0.15, 0.2) is 11.6 Å². The van der Waals surface area contributed by atoms with E-state index in [4.69, 9.17) is 28.6 Å². The standard InChI is InChI=1S/C26H45NO11S/c1-16(13-23(31)35-11-9-7-5-4-6-8-10-22(29)30)12-20-26(38-39(27,33)34)24(32)19(15-36-20)14-21-25(37-21)17(2)18(3)28/h13,17-21,24-26,28,32H,4-12,14-15H2,1-3H3,(H,29,30)(H2,27,33,34)/b16-13+/t17-,18-,19-,20-,21-,24+,25-,26-/m0/s1. The Morgan fingerprint density at radius 2 is 1.74 bits per heavy atom. The molecule has 0 aromatic heterocycles. The van der Waals surface area contributed by atoms with Crippen LogP contribution in [0.3, 0.4) is 0 Å². The minimum atomic E-state index is -4.39. The molecule has 13 heteroatoms. The maximum atomic E-state index is 12.2. The van der Waals surface area contributed by atoms with Gasteiger partial charge in [0.2, 0.25) is 0 Å². The van der Waals surface area contributed by atoms with Gasteiger partial charge in [-0.2, -0.15) is 8.42 Å². The maximum absolute atomic E-state index is 12.2. The van der Waals surface area contributed by atoms with E-state index in [2.05, 4.69) is 0 Å². The molecular formula is C26H45NO11S. The zero-order valence-electron chi connectivity index (χ0n) is 23.1. The molecule has 5 N–H and O–H groups in total. The highest BCUT2D eigenvalue weighted by Gasteiger charge is 2.49. The second-order valence-corrected chi connectivity index (χ2v) is 12.0. The first-order valence-corrected chi connectivity index (χ1v) is 15.2. The van der Waals surface area contributed by atoms with Crippen LogP contribution in [0, 0.1) is 11.8 Å². The summed E-state index contributed by atoms with van der Waals surface area (Å²) in [5.74, 6) is -1.86. The Labute approximate surface area is 231 Å². The lowest BCUT2D eigenvalue weighted by atomic mass is 9.85. The molecule has 2 fully saturated rings. The van der Waals surface area contributed by atoms with Crippen LogP contribution in [-0.2, 0) is 38.3 Å². The molecule has 39 heavy (non-hydrogen) atoms. The van der Waals surface area contributed by atoms with Gasteiger partial charge in [-0.15, -0.1) is 0 Å². The number of rotatable bonds is 18. The van der Waals surface area contributed by atoms with E-state index in [1.54, 1.807) is 13.8 Å². The molecule has 226 valence electrons. The first kappa shape index (κ1) is 33.6. The average molecular weight is 580 g/mol. The topological polar surface area (TPSA) is 195 Å². The largest absolute Gasteiger partial charge is 0.481 e. The normalized spacial score (nSPS) is 29.0. The van der Waals surface area contributed by atoms with Crippen LogP contribution in [0.2, 0.25) is 0 Å². The van der Waals surface area contributed by atoms with Gasteiger partial charge in [0.05, 0.1) is 43.7 Å². The monoisotopic (exact) mass is 579 g/mol. The van der Waals surface area contributed by atoms with Crippen molar-refractivity contribution in [3.63, 3.8) is 0 Å². The summed E-state index contributed by atoms with van der Waals surface area (Å²) in [5.41, 5.74) is 0.563. The summed E-state index contributed by atoms with van der Waals surface area (Å²) in [4.78, 5) is 22.7. The summed E-state index contributed by atoms with van der Waals surface area (Å²) in [7, 11) is -4.39. The SMILES string of the molecule is C/C(=C\C(=O)OCCCCCCCCC(=O)O)C[C@@H]1OC[C@H](C[C@@H]2O[C@H]2[C@@H](C)[C@H](C)O)[C@@H](O)[C@H]1OS(N)(=O)=O. The molecule has 0 spiro atoms. The summed E-state index contributed by atoms with van der Waals surface area (Å²) in [5, 5.41) is 34.5. The average Bonchev–Trinajstić information content (AvgIpc) is 3.59. The first-order chi connectivity index (χ1) is 18.3. The molecule has 8 atom stereocenters. The van der Waals surface area contributed by atoms with Crippen LogP contribution >= 0.6 is 0 Å². The van der Waals surface area contributed by atoms with Gasteiger partial charge in [0.25, 0.3) is 0 Å². The molecule has 0 amide bonds. The molecule has 0 unspecified atom stereocenters. The summed E-state index contributed by atoms with van der Waals surface area (Å²) in [6.45, 7) is 5.63. The number of hydrogen-bond acceptors (Lipinski definition) is 10. The number of carboxylic acids is 1. The lowest BCUT2D eigenvalue weighted by Crippen LogP contribution is -2.53. The molecule has 2 aliphatic rings. The van der Waals surface area contributed by atoms with Gasteiger partial charge >= 0.3 is 22.2 Å². The van der Waals surface area contributed by atoms with Crippen LogP contribution < -0.4 is 5.14 Å². The molecule has 0 bridgehead atoms. The van der Waals surface area contributed by atoms with E-state index >= 15 is 0 Å². The van der Waals surface area contributed by atoms with Crippen molar-refractivity contribution in [1.29, 1.82) is 0 Å². The van der Waals surface area contributed by atoms with Gasteiger partial charge in [-0.05, 0) is 39.5 Å². The smallest absolute Gasteiger partial charge is 0.333 e. The van der Waals surface area contributed by atoms with Gasteiger partial charge in [0.15, 0.2) is 0 Å². The molecule has 0 aliphatic carbocycles. The minimum Gasteiger partial charge on any atom is -0.481 e. The van der Waals surface area contributed by atoms with Crippen molar-refractivity contribution in [2.45, 2.75) is 115 Å². The highest BCUT2D eigenvalue weighted by Crippen LogP contribution is 2.39. The third-order valence-electron chi connectivity index (χ3n) is 7.31. The van der Waals surface area contributed by atoms with Gasteiger partial charge in [0, 0.05) is 24.3 Å². The van der Waals surface area contributed by atoms with Crippen LogP contribution in [0.25, 0.3) is 0 Å². The predicted octanol–water partition coefficient (Wildman–Crippen LogP) is 1.82. The lowest BCUT2D eigenvalue weighted by molar-refractivity contribution is -0.154.